The van der Waals surface area contributed by atoms with Crippen molar-refractivity contribution >= 4 is 11.6 Å². The van der Waals surface area contributed by atoms with Crippen LogP contribution in [-0.2, 0) is 17.8 Å². The second kappa shape index (κ2) is 7.64. The Kier molecular flexibility index (Phi) is 5.59. The van der Waals surface area contributed by atoms with Crippen LogP contribution in [0.25, 0.3) is 0 Å². The number of benzene rings is 2. The van der Waals surface area contributed by atoms with E-state index in [-0.39, 0.29) is 5.91 Å². The molecule has 2 aromatic carbocycles. The second-order valence-corrected chi connectivity index (χ2v) is 5.31. The summed E-state index contributed by atoms with van der Waals surface area (Å²) in [5.41, 5.74) is 4.24. The van der Waals surface area contributed by atoms with Crippen molar-refractivity contribution in [3.63, 3.8) is 0 Å². The molecule has 0 bridgehead atoms. The van der Waals surface area contributed by atoms with E-state index in [1.54, 1.807) is 0 Å². The first-order valence-corrected chi connectivity index (χ1v) is 7.74. The first-order chi connectivity index (χ1) is 10.6. The Morgan fingerprint density at radius 2 is 1.86 bits per heavy atom. The van der Waals surface area contributed by atoms with Gasteiger partial charge in [-0.15, -0.1) is 0 Å². The molecule has 0 fully saturated rings. The summed E-state index contributed by atoms with van der Waals surface area (Å²) in [6, 6.07) is 14.0. The molecule has 0 aliphatic rings. The molecule has 3 nitrogen and oxygen atoms in total. The van der Waals surface area contributed by atoms with E-state index in [0.717, 1.165) is 23.4 Å². The van der Waals surface area contributed by atoms with Crippen molar-refractivity contribution in [2.24, 2.45) is 0 Å². The van der Waals surface area contributed by atoms with Crippen LogP contribution < -0.4 is 10.1 Å². The summed E-state index contributed by atoms with van der Waals surface area (Å²) in [7, 11) is 0. The maximum Gasteiger partial charge on any atom is 0.224 e. The monoisotopic (exact) mass is 297 g/mol. The van der Waals surface area contributed by atoms with Gasteiger partial charge in [-0.05, 0) is 31.0 Å². The average molecular weight is 297 g/mol. The van der Waals surface area contributed by atoms with Crippen LogP contribution in [-0.4, -0.2) is 5.91 Å². The number of hydrogen-bond donors (Lipinski definition) is 1. The van der Waals surface area contributed by atoms with Crippen molar-refractivity contribution in [2.45, 2.75) is 40.2 Å². The zero-order valence-corrected chi connectivity index (χ0v) is 13.5. The minimum Gasteiger partial charge on any atom is -0.489 e. The van der Waals surface area contributed by atoms with E-state index in [1.807, 2.05) is 37.3 Å². The lowest BCUT2D eigenvalue weighted by Crippen LogP contribution is -2.12. The molecule has 1 amide bonds. The molecule has 116 valence electrons. The highest BCUT2D eigenvalue weighted by Crippen LogP contribution is 2.23. The van der Waals surface area contributed by atoms with Crippen LogP contribution in [0, 0.1) is 6.92 Å². The van der Waals surface area contributed by atoms with Gasteiger partial charge in [0.05, 0.1) is 0 Å². The minimum absolute atomic E-state index is 0.0111. The number of para-hydroxylation sites is 1. The lowest BCUT2D eigenvalue weighted by molar-refractivity contribution is -0.115. The van der Waals surface area contributed by atoms with E-state index in [4.69, 9.17) is 4.74 Å². The largest absolute Gasteiger partial charge is 0.489 e. The number of nitrogens with one attached hydrogen (secondary N) is 1. The van der Waals surface area contributed by atoms with Crippen molar-refractivity contribution < 1.29 is 9.53 Å². The maximum atomic E-state index is 11.6. The van der Waals surface area contributed by atoms with Crippen LogP contribution in [0.4, 0.5) is 5.69 Å². The van der Waals surface area contributed by atoms with Gasteiger partial charge in [0.15, 0.2) is 0 Å². The number of rotatable bonds is 6. The van der Waals surface area contributed by atoms with Crippen LogP contribution in [0.1, 0.15) is 37.0 Å². The van der Waals surface area contributed by atoms with Gasteiger partial charge in [0.2, 0.25) is 5.91 Å². The molecule has 0 aliphatic heterocycles. The Morgan fingerprint density at radius 1 is 1.09 bits per heavy atom. The predicted molar refractivity (Wildman–Crippen MR) is 90.3 cm³/mol. The first kappa shape index (κ1) is 16.1. The zero-order chi connectivity index (χ0) is 15.9. The minimum atomic E-state index is 0.0111. The third-order valence-electron chi connectivity index (χ3n) is 3.59. The van der Waals surface area contributed by atoms with Gasteiger partial charge in [-0.3, -0.25) is 4.79 Å². The topological polar surface area (TPSA) is 38.3 Å². The van der Waals surface area contributed by atoms with Crippen molar-refractivity contribution in [2.75, 3.05) is 5.32 Å². The quantitative estimate of drug-likeness (QED) is 0.853. The van der Waals surface area contributed by atoms with Gasteiger partial charge < -0.3 is 10.1 Å². The summed E-state index contributed by atoms with van der Waals surface area (Å²) in [6.07, 6.45) is 1.40. The lowest BCUT2D eigenvalue weighted by Gasteiger charge is -2.14. The average Bonchev–Trinajstić information content (AvgIpc) is 2.54. The molecule has 0 atom stereocenters. The van der Waals surface area contributed by atoms with Crippen LogP contribution in [0.5, 0.6) is 5.75 Å². The molecule has 2 aromatic rings. The number of ether oxygens (including phenoxy) is 1. The highest BCUT2D eigenvalue weighted by atomic mass is 16.5. The molecule has 0 aromatic heterocycles. The van der Waals surface area contributed by atoms with Crippen molar-refractivity contribution in [3.8, 4) is 5.75 Å². The second-order valence-electron chi connectivity index (χ2n) is 5.31. The summed E-state index contributed by atoms with van der Waals surface area (Å²) < 4.78 is 5.97. The number of carbonyl (C=O) groups excluding carboxylic acids is 1. The summed E-state index contributed by atoms with van der Waals surface area (Å²) >= 11 is 0. The van der Waals surface area contributed by atoms with Crippen molar-refractivity contribution in [1.82, 2.24) is 0 Å². The van der Waals surface area contributed by atoms with Gasteiger partial charge in [-0.1, -0.05) is 49.7 Å². The molecular formula is C19H23NO2. The lowest BCUT2D eigenvalue weighted by atomic mass is 10.1. The molecule has 3 heteroatoms. The molecule has 0 spiro atoms. The van der Waals surface area contributed by atoms with Crippen LogP contribution in [0.2, 0.25) is 0 Å². The molecule has 2 rings (SSSR count). The number of anilines is 1. The Hall–Kier alpha value is -2.29. The summed E-state index contributed by atoms with van der Waals surface area (Å²) in [6.45, 7) is 6.49. The van der Waals surface area contributed by atoms with Crippen molar-refractivity contribution in [3.05, 3.63) is 59.2 Å². The Balaban J connectivity index is 2.13. The zero-order valence-electron chi connectivity index (χ0n) is 13.5. The van der Waals surface area contributed by atoms with E-state index >= 15 is 0 Å². The van der Waals surface area contributed by atoms with Crippen LogP contribution in [0.3, 0.4) is 0 Å². The standard InChI is InChI=1S/C19H23NO2/c1-4-15-12-14(3)10-11-18(15)22-13-16-8-6-7-9-17(16)20-19(21)5-2/h6-12H,4-5,13H2,1-3H3,(H,20,21). The Morgan fingerprint density at radius 3 is 2.59 bits per heavy atom. The molecule has 22 heavy (non-hydrogen) atoms. The maximum absolute atomic E-state index is 11.6. The molecule has 0 unspecified atom stereocenters. The Labute approximate surface area is 132 Å². The third kappa shape index (κ3) is 4.10. The highest BCUT2D eigenvalue weighted by molar-refractivity contribution is 5.91. The van der Waals surface area contributed by atoms with Gasteiger partial charge in [0.25, 0.3) is 0 Å². The van der Waals surface area contributed by atoms with E-state index < -0.39 is 0 Å². The molecule has 0 saturated carbocycles. The molecule has 1 N–H and O–H groups in total. The van der Waals surface area contributed by atoms with Crippen LogP contribution >= 0.6 is 0 Å². The Bertz CT molecular complexity index is 650. The fraction of sp³-hybridized carbons (Fsp3) is 0.316. The number of amides is 1. The van der Waals surface area contributed by atoms with E-state index in [2.05, 4.69) is 31.3 Å². The molecule has 0 saturated heterocycles. The molecule has 0 aliphatic carbocycles. The number of hydrogen-bond acceptors (Lipinski definition) is 2. The normalized spacial score (nSPS) is 10.3. The summed E-state index contributed by atoms with van der Waals surface area (Å²) in [5, 5.41) is 2.92. The summed E-state index contributed by atoms with van der Waals surface area (Å²) in [4.78, 5) is 11.6. The van der Waals surface area contributed by atoms with Gasteiger partial charge >= 0.3 is 0 Å². The molecular weight excluding hydrogens is 274 g/mol. The predicted octanol–water partition coefficient (Wildman–Crippen LogP) is 4.48. The van der Waals surface area contributed by atoms with Gasteiger partial charge in [0, 0.05) is 17.7 Å². The number of carbonyl (C=O) groups is 1. The fourth-order valence-corrected chi connectivity index (χ4v) is 2.29. The molecule has 0 heterocycles. The van der Waals surface area contributed by atoms with Gasteiger partial charge in [-0.25, -0.2) is 0 Å². The smallest absolute Gasteiger partial charge is 0.224 e. The summed E-state index contributed by atoms with van der Waals surface area (Å²) in [5.74, 6) is 0.918. The van der Waals surface area contributed by atoms with E-state index in [0.29, 0.717) is 13.0 Å². The van der Waals surface area contributed by atoms with E-state index in [9.17, 15) is 4.79 Å². The fourth-order valence-electron chi connectivity index (χ4n) is 2.29. The molecule has 0 radical (unpaired) electrons. The van der Waals surface area contributed by atoms with Gasteiger partial charge in [0.1, 0.15) is 12.4 Å². The highest BCUT2D eigenvalue weighted by Gasteiger charge is 2.07. The van der Waals surface area contributed by atoms with E-state index in [1.165, 1.54) is 11.1 Å². The van der Waals surface area contributed by atoms with Crippen molar-refractivity contribution in [1.29, 1.82) is 0 Å². The van der Waals surface area contributed by atoms with Gasteiger partial charge in [-0.2, -0.15) is 0 Å². The first-order valence-electron chi connectivity index (χ1n) is 7.74. The number of aryl methyl sites for hydroxylation is 2. The van der Waals surface area contributed by atoms with Crippen LogP contribution in [0.15, 0.2) is 42.5 Å². The third-order valence-corrected chi connectivity index (χ3v) is 3.59. The SMILES string of the molecule is CCC(=O)Nc1ccccc1COc1ccc(C)cc1CC.